The number of carbonyl (C=O) groups excluding carboxylic acids is 3. The molecule has 3 aliphatic rings. The molecular weight excluding hydrogens is 468 g/mol. The molecule has 1 aliphatic heterocycles. The molecule has 1 heterocycles. The van der Waals surface area contributed by atoms with Crippen LogP contribution in [0.1, 0.15) is 24.5 Å². The highest BCUT2D eigenvalue weighted by molar-refractivity contribution is 9.10. The molecule has 0 spiro atoms. The van der Waals surface area contributed by atoms with Crippen LogP contribution >= 0.6 is 15.9 Å². The molecule has 5 nitrogen and oxygen atoms in total. The lowest BCUT2D eigenvalue weighted by Crippen LogP contribution is -2.49. The summed E-state index contributed by atoms with van der Waals surface area (Å²) in [7, 11) is 0. The van der Waals surface area contributed by atoms with Crippen molar-refractivity contribution in [3.05, 3.63) is 76.3 Å². The van der Waals surface area contributed by atoms with E-state index in [0.29, 0.717) is 12.1 Å². The average molecular weight is 493 g/mol. The van der Waals surface area contributed by atoms with E-state index >= 15 is 0 Å². The summed E-state index contributed by atoms with van der Waals surface area (Å²) in [6.07, 6.45) is 6.06. The van der Waals surface area contributed by atoms with Gasteiger partial charge in [0.1, 0.15) is 6.04 Å². The number of carbonyl (C=O) groups is 3. The zero-order valence-corrected chi connectivity index (χ0v) is 19.4. The molecule has 2 fully saturated rings. The predicted molar refractivity (Wildman–Crippen MR) is 126 cm³/mol. The molecule has 1 N–H and O–H groups in total. The minimum Gasteiger partial charge on any atom is -0.324 e. The van der Waals surface area contributed by atoms with E-state index in [1.165, 1.54) is 4.90 Å². The van der Waals surface area contributed by atoms with Crippen LogP contribution in [0.3, 0.4) is 0 Å². The summed E-state index contributed by atoms with van der Waals surface area (Å²) in [6, 6.07) is 14.4. The highest BCUT2D eigenvalue weighted by Gasteiger charge is 2.61. The molecule has 32 heavy (non-hydrogen) atoms. The average Bonchev–Trinajstić information content (AvgIpc) is 3.48. The number of anilines is 1. The third-order valence-corrected chi connectivity index (χ3v) is 7.59. The normalized spacial score (nSPS) is 26.5. The fourth-order valence-electron chi connectivity index (χ4n) is 5.56. The van der Waals surface area contributed by atoms with Crippen molar-refractivity contribution in [1.82, 2.24) is 4.90 Å². The van der Waals surface area contributed by atoms with Crippen LogP contribution in [0.2, 0.25) is 0 Å². The van der Waals surface area contributed by atoms with E-state index in [1.54, 1.807) is 0 Å². The monoisotopic (exact) mass is 492 g/mol. The number of benzene rings is 2. The second kappa shape index (κ2) is 8.32. The molecule has 2 bridgehead atoms. The van der Waals surface area contributed by atoms with Gasteiger partial charge in [0.25, 0.3) is 0 Å². The summed E-state index contributed by atoms with van der Waals surface area (Å²) in [5.74, 6) is -1.12. The van der Waals surface area contributed by atoms with Crippen molar-refractivity contribution in [2.75, 3.05) is 5.32 Å². The minimum absolute atomic E-state index is 0.116. The number of amides is 3. The number of hydrogen-bond donors (Lipinski definition) is 1. The van der Waals surface area contributed by atoms with Gasteiger partial charge in [-0.15, -0.1) is 0 Å². The topological polar surface area (TPSA) is 66.5 Å². The van der Waals surface area contributed by atoms with E-state index in [1.807, 2.05) is 55.5 Å². The van der Waals surface area contributed by atoms with Crippen molar-refractivity contribution >= 4 is 39.3 Å². The van der Waals surface area contributed by atoms with E-state index in [-0.39, 0.29) is 41.4 Å². The second-order valence-electron chi connectivity index (χ2n) is 8.90. The SMILES string of the molecule is CCc1cc(Br)ccc1NC(=O)[C@H](Cc1ccccc1)N1C(=O)[C@H]2[C@H](C1=O)[C@H]1C=C[C@H]2C1. The van der Waals surface area contributed by atoms with Gasteiger partial charge in [0.2, 0.25) is 17.7 Å². The maximum absolute atomic E-state index is 13.6. The highest BCUT2D eigenvalue weighted by atomic mass is 79.9. The Morgan fingerprint density at radius 1 is 1.06 bits per heavy atom. The lowest BCUT2D eigenvalue weighted by Gasteiger charge is -2.27. The van der Waals surface area contributed by atoms with Crippen LogP contribution in [0.15, 0.2) is 65.2 Å². The number of imide groups is 1. The van der Waals surface area contributed by atoms with Crippen molar-refractivity contribution in [2.24, 2.45) is 23.7 Å². The van der Waals surface area contributed by atoms with Gasteiger partial charge in [-0.3, -0.25) is 19.3 Å². The Bertz CT molecular complexity index is 1080. The van der Waals surface area contributed by atoms with Crippen molar-refractivity contribution in [3.8, 4) is 0 Å². The fraction of sp³-hybridized carbons (Fsp3) is 0.346. The smallest absolute Gasteiger partial charge is 0.248 e. The van der Waals surface area contributed by atoms with Crippen LogP contribution < -0.4 is 5.32 Å². The lowest BCUT2D eigenvalue weighted by molar-refractivity contribution is -0.147. The van der Waals surface area contributed by atoms with Crippen LogP contribution in [0.25, 0.3) is 0 Å². The first kappa shape index (κ1) is 21.1. The quantitative estimate of drug-likeness (QED) is 0.480. The first-order valence-corrected chi connectivity index (χ1v) is 12.0. The number of halogens is 1. The number of nitrogens with one attached hydrogen (secondary N) is 1. The van der Waals surface area contributed by atoms with Crippen molar-refractivity contribution in [1.29, 1.82) is 0 Å². The van der Waals surface area contributed by atoms with E-state index in [2.05, 4.69) is 33.4 Å². The summed E-state index contributed by atoms with van der Waals surface area (Å²) >= 11 is 3.47. The Morgan fingerprint density at radius 2 is 1.72 bits per heavy atom. The van der Waals surface area contributed by atoms with E-state index < -0.39 is 6.04 Å². The van der Waals surface area contributed by atoms with Crippen LogP contribution in [-0.2, 0) is 27.2 Å². The summed E-state index contributed by atoms with van der Waals surface area (Å²) in [5, 5.41) is 3.01. The van der Waals surface area contributed by atoms with Crippen molar-refractivity contribution < 1.29 is 14.4 Å². The maximum atomic E-state index is 13.6. The Morgan fingerprint density at radius 3 is 2.34 bits per heavy atom. The molecule has 164 valence electrons. The first-order chi connectivity index (χ1) is 15.5. The molecule has 5 atom stereocenters. The van der Waals surface area contributed by atoms with Crippen LogP contribution in [0.5, 0.6) is 0 Å². The molecule has 2 aromatic rings. The highest BCUT2D eigenvalue weighted by Crippen LogP contribution is 2.53. The number of allylic oxidation sites excluding steroid dienone is 2. The predicted octanol–water partition coefficient (Wildman–Crippen LogP) is 4.37. The lowest BCUT2D eigenvalue weighted by atomic mass is 9.85. The summed E-state index contributed by atoms with van der Waals surface area (Å²) in [5.41, 5.74) is 2.61. The Kier molecular flexibility index (Phi) is 5.49. The van der Waals surface area contributed by atoms with Crippen LogP contribution in [0, 0.1) is 23.7 Å². The number of rotatable bonds is 6. The van der Waals surface area contributed by atoms with Gasteiger partial charge in [-0.1, -0.05) is 65.3 Å². The molecule has 0 radical (unpaired) electrons. The largest absolute Gasteiger partial charge is 0.324 e. The van der Waals surface area contributed by atoms with E-state index in [9.17, 15) is 14.4 Å². The first-order valence-electron chi connectivity index (χ1n) is 11.2. The molecule has 5 rings (SSSR count). The van der Waals surface area contributed by atoms with Crippen LogP contribution in [-0.4, -0.2) is 28.7 Å². The number of nitrogens with zero attached hydrogens (tertiary/aromatic N) is 1. The summed E-state index contributed by atoms with van der Waals surface area (Å²) < 4.78 is 0.939. The zero-order chi connectivity index (χ0) is 22.4. The standard InChI is InChI=1S/C26H25BrN2O3/c1-2-16-14-19(27)10-11-20(16)28-24(30)21(12-15-6-4-3-5-7-15)29-25(31)22-17-8-9-18(13-17)23(22)26(29)32/h3-11,14,17-18,21-23H,2,12-13H2,1H3,(H,28,30)/t17-,18-,21-,22+,23+/m0/s1. The summed E-state index contributed by atoms with van der Waals surface area (Å²) in [4.78, 5) is 41.7. The third kappa shape index (κ3) is 3.51. The Hall–Kier alpha value is -2.73. The minimum atomic E-state index is -0.879. The van der Waals surface area contributed by atoms with Gasteiger partial charge >= 0.3 is 0 Å². The fourth-order valence-corrected chi connectivity index (χ4v) is 5.97. The van der Waals surface area contributed by atoms with E-state index in [4.69, 9.17) is 0 Å². The molecule has 0 aromatic heterocycles. The third-order valence-electron chi connectivity index (χ3n) is 7.10. The molecular formula is C26H25BrN2O3. The van der Waals surface area contributed by atoms with Crippen LogP contribution in [0.4, 0.5) is 5.69 Å². The number of fused-ring (bicyclic) bond motifs is 5. The second-order valence-corrected chi connectivity index (χ2v) is 9.81. The number of likely N-dealkylation sites (tertiary alicyclic amines) is 1. The molecule has 1 saturated carbocycles. The van der Waals surface area contributed by atoms with Gasteiger partial charge < -0.3 is 5.32 Å². The number of hydrogen-bond acceptors (Lipinski definition) is 3. The molecule has 0 unspecified atom stereocenters. The maximum Gasteiger partial charge on any atom is 0.248 e. The Labute approximate surface area is 196 Å². The molecule has 2 aromatic carbocycles. The van der Waals surface area contributed by atoms with Gasteiger partial charge in [-0.25, -0.2) is 0 Å². The molecule has 6 heteroatoms. The van der Waals surface area contributed by atoms with E-state index in [0.717, 1.165) is 28.4 Å². The van der Waals surface area contributed by atoms with Crippen molar-refractivity contribution in [3.63, 3.8) is 0 Å². The molecule has 3 amide bonds. The van der Waals surface area contributed by atoms with Gasteiger partial charge in [-0.2, -0.15) is 0 Å². The number of aryl methyl sites for hydroxylation is 1. The Balaban J connectivity index is 1.47. The van der Waals surface area contributed by atoms with Gasteiger partial charge in [-0.05, 0) is 54.0 Å². The summed E-state index contributed by atoms with van der Waals surface area (Å²) in [6.45, 7) is 2.02. The van der Waals surface area contributed by atoms with Crippen molar-refractivity contribution in [2.45, 2.75) is 32.2 Å². The van der Waals surface area contributed by atoms with Gasteiger partial charge in [0.05, 0.1) is 11.8 Å². The molecule has 1 saturated heterocycles. The van der Waals surface area contributed by atoms with Gasteiger partial charge in [0, 0.05) is 16.6 Å². The zero-order valence-electron chi connectivity index (χ0n) is 17.8. The molecule has 2 aliphatic carbocycles. The van der Waals surface area contributed by atoms with Gasteiger partial charge in [0.15, 0.2) is 0 Å².